The normalized spacial score (nSPS) is 14.0. The molecule has 0 bridgehead atoms. The van der Waals surface area contributed by atoms with Gasteiger partial charge in [0.1, 0.15) is 10.8 Å². The maximum Gasteiger partial charge on any atom is 0.239 e. The Morgan fingerprint density at radius 1 is 1.58 bits per heavy atom. The Morgan fingerprint density at radius 2 is 2.26 bits per heavy atom. The van der Waals surface area contributed by atoms with Gasteiger partial charge in [0.05, 0.1) is 6.54 Å². The number of aromatic nitrogens is 1. The van der Waals surface area contributed by atoms with Crippen molar-refractivity contribution in [2.24, 2.45) is 5.73 Å². The van der Waals surface area contributed by atoms with Crippen molar-refractivity contribution in [1.82, 2.24) is 10.3 Å². The zero-order valence-electron chi connectivity index (χ0n) is 11.1. The fourth-order valence-electron chi connectivity index (χ4n) is 1.79. The Bertz CT molecular complexity index is 513. The van der Waals surface area contributed by atoms with Gasteiger partial charge in [-0.3, -0.25) is 4.79 Å². The lowest BCUT2D eigenvalue weighted by Gasteiger charge is -2.19. The average molecular weight is 278 g/mol. The molecular formula is C13H18N4OS. The van der Waals surface area contributed by atoms with E-state index in [4.69, 9.17) is 18.0 Å². The van der Waals surface area contributed by atoms with Crippen molar-refractivity contribution in [3.05, 3.63) is 23.4 Å². The summed E-state index contributed by atoms with van der Waals surface area (Å²) in [6, 6.07) is 4.02. The van der Waals surface area contributed by atoms with Gasteiger partial charge in [-0.25, -0.2) is 4.98 Å². The zero-order chi connectivity index (χ0) is 14.0. The predicted octanol–water partition coefficient (Wildman–Crippen LogP) is 0.739. The summed E-state index contributed by atoms with van der Waals surface area (Å²) in [5, 5.41) is 2.95. The quantitative estimate of drug-likeness (QED) is 0.777. The highest BCUT2D eigenvalue weighted by Crippen LogP contribution is 2.19. The minimum Gasteiger partial charge on any atom is -0.389 e. The molecule has 1 aliphatic carbocycles. The Morgan fingerprint density at radius 3 is 2.84 bits per heavy atom. The van der Waals surface area contributed by atoms with Crippen LogP contribution in [0.3, 0.4) is 0 Å². The molecule has 6 heteroatoms. The molecular weight excluding hydrogens is 260 g/mol. The maximum atomic E-state index is 11.7. The number of amides is 1. The molecule has 0 aromatic carbocycles. The third kappa shape index (κ3) is 3.89. The second kappa shape index (κ2) is 5.52. The number of carbonyl (C=O) groups is 1. The Balaban J connectivity index is 2.06. The van der Waals surface area contributed by atoms with Crippen LogP contribution >= 0.6 is 12.2 Å². The molecule has 19 heavy (non-hydrogen) atoms. The smallest absolute Gasteiger partial charge is 0.239 e. The fourth-order valence-corrected chi connectivity index (χ4v) is 1.90. The van der Waals surface area contributed by atoms with Gasteiger partial charge in [0, 0.05) is 24.3 Å². The van der Waals surface area contributed by atoms with Crippen LogP contribution in [0.1, 0.15) is 24.1 Å². The summed E-state index contributed by atoms with van der Waals surface area (Å²) < 4.78 is 0. The first-order valence-corrected chi connectivity index (χ1v) is 6.65. The van der Waals surface area contributed by atoms with Crippen LogP contribution in [0.5, 0.6) is 0 Å². The monoisotopic (exact) mass is 278 g/mol. The standard InChI is InChI=1S/C13H18N4OS/c1-8-5-9(13(14)19)6-11(15-8)17(2)7-12(18)16-10-3-4-10/h5-6,10H,3-4,7H2,1-2H3,(H2,14,19)(H,16,18). The van der Waals surface area contributed by atoms with E-state index in [1.165, 1.54) is 0 Å². The highest BCUT2D eigenvalue weighted by atomic mass is 32.1. The molecule has 0 saturated heterocycles. The van der Waals surface area contributed by atoms with Gasteiger partial charge >= 0.3 is 0 Å². The van der Waals surface area contributed by atoms with Crippen LogP contribution in [0.2, 0.25) is 0 Å². The third-order valence-electron chi connectivity index (χ3n) is 2.94. The number of anilines is 1. The van der Waals surface area contributed by atoms with E-state index in [0.29, 0.717) is 16.8 Å². The van der Waals surface area contributed by atoms with Crippen molar-refractivity contribution in [2.45, 2.75) is 25.8 Å². The number of thiocarbonyl (C=S) groups is 1. The van der Waals surface area contributed by atoms with Gasteiger partial charge in [-0.2, -0.15) is 0 Å². The van der Waals surface area contributed by atoms with Crippen molar-refractivity contribution in [3.8, 4) is 0 Å². The van der Waals surface area contributed by atoms with E-state index in [2.05, 4.69) is 10.3 Å². The van der Waals surface area contributed by atoms with Crippen LogP contribution in [0.25, 0.3) is 0 Å². The van der Waals surface area contributed by atoms with Gasteiger partial charge in [-0.15, -0.1) is 0 Å². The summed E-state index contributed by atoms with van der Waals surface area (Å²) >= 11 is 4.97. The first-order valence-electron chi connectivity index (χ1n) is 6.24. The lowest BCUT2D eigenvalue weighted by molar-refractivity contribution is -0.119. The lowest BCUT2D eigenvalue weighted by atomic mass is 10.2. The van der Waals surface area contributed by atoms with Gasteiger partial charge in [-0.1, -0.05) is 12.2 Å². The highest BCUT2D eigenvalue weighted by molar-refractivity contribution is 7.80. The minimum absolute atomic E-state index is 0.0187. The van der Waals surface area contributed by atoms with E-state index in [9.17, 15) is 4.79 Å². The molecule has 0 spiro atoms. The van der Waals surface area contributed by atoms with Gasteiger partial charge in [-0.05, 0) is 31.9 Å². The van der Waals surface area contributed by atoms with Crippen molar-refractivity contribution in [1.29, 1.82) is 0 Å². The molecule has 0 radical (unpaired) electrons. The Kier molecular flexibility index (Phi) is 3.99. The second-order valence-corrected chi connectivity index (χ2v) is 5.36. The lowest BCUT2D eigenvalue weighted by Crippen LogP contribution is -2.36. The van der Waals surface area contributed by atoms with Gasteiger partial charge in [0.15, 0.2) is 0 Å². The summed E-state index contributed by atoms with van der Waals surface area (Å²) in [4.78, 5) is 18.3. The third-order valence-corrected chi connectivity index (χ3v) is 3.17. The van der Waals surface area contributed by atoms with Crippen LogP contribution in [-0.4, -0.2) is 35.5 Å². The number of hydrogen-bond donors (Lipinski definition) is 2. The SMILES string of the molecule is Cc1cc(C(N)=S)cc(N(C)CC(=O)NC2CC2)n1. The molecule has 5 nitrogen and oxygen atoms in total. The number of rotatable bonds is 5. The molecule has 0 unspecified atom stereocenters. The van der Waals surface area contributed by atoms with E-state index < -0.39 is 0 Å². The molecule has 0 atom stereocenters. The molecule has 1 aromatic heterocycles. The highest BCUT2D eigenvalue weighted by Gasteiger charge is 2.23. The average Bonchev–Trinajstić information content (AvgIpc) is 3.11. The summed E-state index contributed by atoms with van der Waals surface area (Å²) in [7, 11) is 1.83. The molecule has 1 amide bonds. The topological polar surface area (TPSA) is 71.2 Å². The largest absolute Gasteiger partial charge is 0.389 e. The van der Waals surface area contributed by atoms with E-state index >= 15 is 0 Å². The number of carbonyl (C=O) groups excluding carboxylic acids is 1. The summed E-state index contributed by atoms with van der Waals surface area (Å²) in [6.45, 7) is 2.16. The van der Waals surface area contributed by atoms with E-state index in [-0.39, 0.29) is 12.5 Å². The first kappa shape index (κ1) is 13.7. The molecule has 2 rings (SSSR count). The van der Waals surface area contributed by atoms with Gasteiger partial charge < -0.3 is 16.0 Å². The predicted molar refractivity (Wildman–Crippen MR) is 79.3 cm³/mol. The summed E-state index contributed by atoms with van der Waals surface area (Å²) in [5.41, 5.74) is 7.23. The number of hydrogen-bond acceptors (Lipinski definition) is 4. The molecule has 1 aromatic rings. The molecule has 0 aliphatic heterocycles. The second-order valence-electron chi connectivity index (χ2n) is 4.92. The van der Waals surface area contributed by atoms with E-state index in [0.717, 1.165) is 24.1 Å². The van der Waals surface area contributed by atoms with Crippen molar-refractivity contribution in [3.63, 3.8) is 0 Å². The van der Waals surface area contributed by atoms with Crippen LogP contribution in [0.4, 0.5) is 5.82 Å². The van der Waals surface area contributed by atoms with Gasteiger partial charge in [0.2, 0.25) is 5.91 Å². The zero-order valence-corrected chi connectivity index (χ0v) is 12.0. The Hall–Kier alpha value is -1.69. The Labute approximate surface area is 118 Å². The summed E-state index contributed by atoms with van der Waals surface area (Å²) in [5.74, 6) is 0.721. The number of pyridine rings is 1. The first-order chi connectivity index (χ1) is 8.95. The van der Waals surface area contributed by atoms with Crippen molar-refractivity contribution >= 4 is 28.9 Å². The molecule has 1 saturated carbocycles. The number of likely N-dealkylation sites (N-methyl/N-ethyl adjacent to an activating group) is 1. The molecule has 3 N–H and O–H groups in total. The van der Waals surface area contributed by atoms with Crippen LogP contribution in [-0.2, 0) is 4.79 Å². The maximum absolute atomic E-state index is 11.7. The fraction of sp³-hybridized carbons (Fsp3) is 0.462. The van der Waals surface area contributed by atoms with Crippen LogP contribution in [0, 0.1) is 6.92 Å². The number of nitrogens with zero attached hydrogens (tertiary/aromatic N) is 2. The summed E-state index contributed by atoms with van der Waals surface area (Å²) in [6.07, 6.45) is 2.17. The number of nitrogens with one attached hydrogen (secondary N) is 1. The van der Waals surface area contributed by atoms with E-state index in [1.54, 1.807) is 11.0 Å². The van der Waals surface area contributed by atoms with E-state index in [1.807, 2.05) is 20.0 Å². The number of aryl methyl sites for hydroxylation is 1. The van der Waals surface area contributed by atoms with Crippen molar-refractivity contribution in [2.75, 3.05) is 18.5 Å². The minimum atomic E-state index is 0.0187. The molecule has 1 fully saturated rings. The van der Waals surface area contributed by atoms with Gasteiger partial charge in [0.25, 0.3) is 0 Å². The molecule has 1 heterocycles. The van der Waals surface area contributed by atoms with Crippen LogP contribution in [0.15, 0.2) is 12.1 Å². The van der Waals surface area contributed by atoms with Crippen molar-refractivity contribution < 1.29 is 4.79 Å². The van der Waals surface area contributed by atoms with Crippen LogP contribution < -0.4 is 16.0 Å². The molecule has 102 valence electrons. The number of nitrogens with two attached hydrogens (primary N) is 1. The molecule has 1 aliphatic rings.